The molecule has 2 N–H and O–H groups in total. The smallest absolute Gasteiger partial charge is 0.185 e. The van der Waals surface area contributed by atoms with E-state index in [0.29, 0.717) is 6.04 Å². The first kappa shape index (κ1) is 11.9. The van der Waals surface area contributed by atoms with Gasteiger partial charge in [0.15, 0.2) is 5.13 Å². The van der Waals surface area contributed by atoms with Crippen molar-refractivity contribution in [2.45, 2.75) is 51.6 Å². The predicted octanol–water partition coefficient (Wildman–Crippen LogP) is 2.72. The van der Waals surface area contributed by atoms with Gasteiger partial charge in [-0.25, -0.2) is 4.98 Å². The van der Waals surface area contributed by atoms with E-state index in [2.05, 4.69) is 16.8 Å². The van der Waals surface area contributed by atoms with Crippen LogP contribution in [0.1, 0.15) is 44.9 Å². The molecule has 1 aromatic heterocycles. The van der Waals surface area contributed by atoms with Gasteiger partial charge in [0.1, 0.15) is 0 Å². The zero-order valence-corrected chi connectivity index (χ0v) is 11.2. The van der Waals surface area contributed by atoms with Gasteiger partial charge in [0.05, 0.1) is 0 Å². The number of hydrogen-bond acceptors (Lipinski definition) is 4. The van der Waals surface area contributed by atoms with Crippen molar-refractivity contribution in [3.63, 3.8) is 0 Å². The number of aromatic nitrogens is 1. The Hall–Kier alpha value is -0.610. The monoisotopic (exact) mass is 239 g/mol. The molecule has 0 amide bonds. The Morgan fingerprint density at radius 3 is 2.81 bits per heavy atom. The zero-order chi connectivity index (χ0) is 11.8. The Labute approximate surface area is 102 Å². The second kappa shape index (κ2) is 4.34. The maximum atomic E-state index is 6.09. The summed E-state index contributed by atoms with van der Waals surface area (Å²) in [7, 11) is 0. The van der Waals surface area contributed by atoms with Crippen molar-refractivity contribution in [2.75, 3.05) is 11.4 Å². The molecule has 90 valence electrons. The van der Waals surface area contributed by atoms with Crippen LogP contribution < -0.4 is 10.6 Å². The van der Waals surface area contributed by atoms with E-state index in [4.69, 9.17) is 5.73 Å². The van der Waals surface area contributed by atoms with Gasteiger partial charge in [-0.2, -0.15) is 0 Å². The maximum Gasteiger partial charge on any atom is 0.185 e. The molecule has 0 bridgehead atoms. The van der Waals surface area contributed by atoms with E-state index in [1.165, 1.54) is 24.1 Å². The maximum absolute atomic E-state index is 6.09. The number of nitrogens with zero attached hydrogens (tertiary/aromatic N) is 2. The summed E-state index contributed by atoms with van der Waals surface area (Å²) in [4.78, 5) is 8.11. The van der Waals surface area contributed by atoms with Crippen LogP contribution >= 0.6 is 11.3 Å². The first-order chi connectivity index (χ1) is 7.48. The molecule has 1 aliphatic rings. The lowest BCUT2D eigenvalue weighted by Crippen LogP contribution is -2.37. The molecule has 0 aliphatic carbocycles. The largest absolute Gasteiger partial charge is 0.345 e. The third kappa shape index (κ3) is 2.38. The number of anilines is 1. The molecule has 2 heterocycles. The van der Waals surface area contributed by atoms with Crippen molar-refractivity contribution >= 4 is 16.5 Å². The molecule has 1 atom stereocenters. The minimum atomic E-state index is -0.269. The zero-order valence-electron chi connectivity index (χ0n) is 10.4. The molecule has 1 aromatic rings. The second-order valence-electron chi connectivity index (χ2n) is 5.27. The van der Waals surface area contributed by atoms with Crippen LogP contribution in [-0.4, -0.2) is 17.6 Å². The summed E-state index contributed by atoms with van der Waals surface area (Å²) in [6, 6.07) is 0.619. The Kier molecular flexibility index (Phi) is 3.22. The average molecular weight is 239 g/mol. The lowest BCUT2D eigenvalue weighted by Gasteiger charge is -2.33. The van der Waals surface area contributed by atoms with Gasteiger partial charge in [0, 0.05) is 29.2 Å². The third-order valence-electron chi connectivity index (χ3n) is 3.18. The van der Waals surface area contributed by atoms with Crippen LogP contribution in [0.5, 0.6) is 0 Å². The molecule has 0 aromatic carbocycles. The number of hydrogen-bond donors (Lipinski definition) is 1. The van der Waals surface area contributed by atoms with Crippen LogP contribution in [0.25, 0.3) is 0 Å². The molecule has 0 saturated carbocycles. The molecule has 4 heteroatoms. The van der Waals surface area contributed by atoms with Gasteiger partial charge in [0.25, 0.3) is 0 Å². The summed E-state index contributed by atoms with van der Waals surface area (Å²) in [5.41, 5.74) is 5.82. The Morgan fingerprint density at radius 1 is 1.50 bits per heavy atom. The van der Waals surface area contributed by atoms with Gasteiger partial charge >= 0.3 is 0 Å². The molecule has 16 heavy (non-hydrogen) atoms. The third-order valence-corrected chi connectivity index (χ3v) is 4.55. The van der Waals surface area contributed by atoms with Crippen LogP contribution in [0, 0.1) is 0 Å². The number of rotatable bonds is 2. The van der Waals surface area contributed by atoms with Crippen molar-refractivity contribution in [2.24, 2.45) is 5.73 Å². The summed E-state index contributed by atoms with van der Waals surface area (Å²) >= 11 is 1.74. The Bertz CT molecular complexity index is 353. The summed E-state index contributed by atoms with van der Waals surface area (Å²) in [6.07, 6.45) is 5.84. The van der Waals surface area contributed by atoms with Crippen molar-refractivity contribution in [1.29, 1.82) is 0 Å². The van der Waals surface area contributed by atoms with Crippen LogP contribution in [0.4, 0.5) is 5.13 Å². The molecule has 2 rings (SSSR count). The first-order valence-electron chi connectivity index (χ1n) is 6.00. The summed E-state index contributed by atoms with van der Waals surface area (Å²) < 4.78 is 0. The highest BCUT2D eigenvalue weighted by Crippen LogP contribution is 2.32. The SMILES string of the molecule is CC1CCCCN1c1ncc(C(C)(C)N)s1. The fourth-order valence-electron chi connectivity index (χ4n) is 2.08. The number of nitrogens with two attached hydrogens (primary N) is 1. The highest BCUT2D eigenvalue weighted by molar-refractivity contribution is 7.15. The average Bonchev–Trinajstić information content (AvgIpc) is 2.66. The molecule has 1 aliphatic heterocycles. The molecular formula is C12H21N3S. The number of thiazole rings is 1. The fraction of sp³-hybridized carbons (Fsp3) is 0.750. The molecule has 0 radical (unpaired) electrons. The van der Waals surface area contributed by atoms with Crippen LogP contribution in [0.15, 0.2) is 6.20 Å². The van der Waals surface area contributed by atoms with Crippen molar-refractivity contribution in [3.8, 4) is 0 Å². The van der Waals surface area contributed by atoms with Crippen LogP contribution in [-0.2, 0) is 5.54 Å². The lowest BCUT2D eigenvalue weighted by atomic mass is 10.1. The van der Waals surface area contributed by atoms with Crippen molar-refractivity contribution < 1.29 is 0 Å². The topological polar surface area (TPSA) is 42.2 Å². The molecule has 3 nitrogen and oxygen atoms in total. The van der Waals surface area contributed by atoms with Gasteiger partial charge in [-0.1, -0.05) is 0 Å². The van der Waals surface area contributed by atoms with Crippen LogP contribution in [0.3, 0.4) is 0 Å². The minimum absolute atomic E-state index is 0.269. The van der Waals surface area contributed by atoms with Crippen molar-refractivity contribution in [3.05, 3.63) is 11.1 Å². The minimum Gasteiger partial charge on any atom is -0.345 e. The summed E-state index contributed by atoms with van der Waals surface area (Å²) in [5, 5.41) is 1.14. The van der Waals surface area contributed by atoms with E-state index in [0.717, 1.165) is 11.7 Å². The van der Waals surface area contributed by atoms with E-state index in [-0.39, 0.29) is 5.54 Å². The van der Waals surface area contributed by atoms with E-state index in [1.807, 2.05) is 20.0 Å². The Morgan fingerprint density at radius 2 is 2.25 bits per heavy atom. The van der Waals surface area contributed by atoms with Gasteiger partial charge in [-0.15, -0.1) is 11.3 Å². The Balaban J connectivity index is 2.18. The van der Waals surface area contributed by atoms with E-state index in [1.54, 1.807) is 11.3 Å². The molecular weight excluding hydrogens is 218 g/mol. The quantitative estimate of drug-likeness (QED) is 0.863. The van der Waals surface area contributed by atoms with E-state index < -0.39 is 0 Å². The van der Waals surface area contributed by atoms with E-state index in [9.17, 15) is 0 Å². The highest BCUT2D eigenvalue weighted by Gasteiger charge is 2.24. The lowest BCUT2D eigenvalue weighted by molar-refractivity contribution is 0.484. The fourth-order valence-corrected chi connectivity index (χ4v) is 3.14. The summed E-state index contributed by atoms with van der Waals surface area (Å²) in [6.45, 7) is 7.49. The molecule has 1 saturated heterocycles. The molecule has 1 fully saturated rings. The molecule has 0 spiro atoms. The van der Waals surface area contributed by atoms with Gasteiger partial charge in [0.2, 0.25) is 0 Å². The predicted molar refractivity (Wildman–Crippen MR) is 70.0 cm³/mol. The normalized spacial score (nSPS) is 22.5. The van der Waals surface area contributed by atoms with Crippen molar-refractivity contribution in [1.82, 2.24) is 4.98 Å². The van der Waals surface area contributed by atoms with Crippen LogP contribution in [0.2, 0.25) is 0 Å². The first-order valence-corrected chi connectivity index (χ1v) is 6.82. The van der Waals surface area contributed by atoms with Gasteiger partial charge in [-0.3, -0.25) is 0 Å². The second-order valence-corrected chi connectivity index (χ2v) is 6.28. The highest BCUT2D eigenvalue weighted by atomic mass is 32.1. The standard InChI is InChI=1S/C12H21N3S/c1-9-6-4-5-7-15(9)11-14-8-10(16-11)12(2,3)13/h8-9H,4-7,13H2,1-3H3. The summed E-state index contributed by atoms with van der Waals surface area (Å²) in [5.74, 6) is 0. The number of piperidine rings is 1. The molecule has 1 unspecified atom stereocenters. The van der Waals surface area contributed by atoms with E-state index >= 15 is 0 Å². The van der Waals surface area contributed by atoms with Gasteiger partial charge < -0.3 is 10.6 Å². The van der Waals surface area contributed by atoms with Gasteiger partial charge in [-0.05, 0) is 40.0 Å².